The van der Waals surface area contributed by atoms with Gasteiger partial charge < -0.3 is 10.5 Å². The van der Waals surface area contributed by atoms with Gasteiger partial charge in [-0.25, -0.2) is 0 Å². The van der Waals surface area contributed by atoms with E-state index in [1.165, 1.54) is 16.7 Å². The molecule has 0 heterocycles. The second-order valence-electron chi connectivity index (χ2n) is 3.96. The predicted octanol–water partition coefficient (Wildman–Crippen LogP) is 1.66. The number of nitrogens with two attached hydrogens (primary N) is 1. The fraction of sp³-hybridized carbons (Fsp3) is 0.500. The summed E-state index contributed by atoms with van der Waals surface area (Å²) in [6.45, 7) is 5.56. The molecule has 0 unspecified atom stereocenters. The van der Waals surface area contributed by atoms with Crippen molar-refractivity contribution in [3.05, 3.63) is 28.8 Å². The lowest BCUT2D eigenvalue weighted by atomic mass is 10.0. The molecule has 84 valence electrons. The molecule has 15 heavy (non-hydrogen) atoms. The van der Waals surface area contributed by atoms with Crippen molar-refractivity contribution in [3.8, 4) is 5.75 Å². The van der Waals surface area contributed by atoms with E-state index in [1.54, 1.807) is 7.11 Å². The van der Waals surface area contributed by atoms with Crippen LogP contribution >= 0.6 is 0 Å². The molecule has 0 radical (unpaired) electrons. The number of nitrogens with zero attached hydrogens (tertiary/aromatic N) is 1. The lowest BCUT2D eigenvalue weighted by Gasteiger charge is -2.18. The summed E-state index contributed by atoms with van der Waals surface area (Å²) in [5.74, 6) is 0.952. The van der Waals surface area contributed by atoms with Gasteiger partial charge in [0, 0.05) is 18.8 Å². The molecule has 0 spiro atoms. The molecule has 0 saturated heterocycles. The molecule has 1 rings (SSSR count). The zero-order chi connectivity index (χ0) is 11.4. The van der Waals surface area contributed by atoms with Crippen molar-refractivity contribution in [1.82, 2.24) is 4.90 Å². The number of aryl methyl sites for hydroxylation is 2. The van der Waals surface area contributed by atoms with E-state index in [0.717, 1.165) is 12.3 Å². The van der Waals surface area contributed by atoms with Gasteiger partial charge >= 0.3 is 0 Å². The van der Waals surface area contributed by atoms with E-state index in [4.69, 9.17) is 10.5 Å². The molecule has 2 N–H and O–H groups in total. The van der Waals surface area contributed by atoms with Crippen LogP contribution in [-0.2, 0) is 6.54 Å². The van der Waals surface area contributed by atoms with Crippen LogP contribution in [0.1, 0.15) is 16.7 Å². The third-order valence-electron chi connectivity index (χ3n) is 2.54. The quantitative estimate of drug-likeness (QED) is 0.765. The highest BCUT2D eigenvalue weighted by molar-refractivity contribution is 5.42. The molecule has 0 saturated carbocycles. The number of benzene rings is 1. The fourth-order valence-corrected chi connectivity index (χ4v) is 1.68. The van der Waals surface area contributed by atoms with Gasteiger partial charge in [0.2, 0.25) is 0 Å². The zero-order valence-electron chi connectivity index (χ0n) is 10.0. The predicted molar refractivity (Wildman–Crippen MR) is 63.0 cm³/mol. The van der Waals surface area contributed by atoms with Crippen LogP contribution in [-0.4, -0.2) is 25.7 Å². The first-order valence-electron chi connectivity index (χ1n) is 5.11. The van der Waals surface area contributed by atoms with Gasteiger partial charge in [0.15, 0.2) is 0 Å². The van der Waals surface area contributed by atoms with Crippen LogP contribution in [0.5, 0.6) is 5.75 Å². The molecule has 1 aromatic rings. The third kappa shape index (κ3) is 2.94. The number of rotatable bonds is 4. The summed E-state index contributed by atoms with van der Waals surface area (Å²) in [7, 11) is 3.71. The first kappa shape index (κ1) is 12.0. The highest BCUT2D eigenvalue weighted by atomic mass is 16.5. The van der Waals surface area contributed by atoms with Gasteiger partial charge in [-0.15, -0.1) is 0 Å². The Labute approximate surface area is 91.8 Å². The summed E-state index contributed by atoms with van der Waals surface area (Å²) in [6, 6.07) is 4.23. The van der Waals surface area contributed by atoms with Crippen molar-refractivity contribution in [1.29, 1.82) is 0 Å². The number of ether oxygens (including phenoxy) is 1. The summed E-state index contributed by atoms with van der Waals surface area (Å²) < 4.78 is 5.38. The van der Waals surface area contributed by atoms with E-state index < -0.39 is 0 Å². The van der Waals surface area contributed by atoms with Crippen molar-refractivity contribution in [2.24, 2.45) is 5.73 Å². The van der Waals surface area contributed by atoms with E-state index in [0.29, 0.717) is 6.67 Å². The Hall–Kier alpha value is -1.06. The van der Waals surface area contributed by atoms with Gasteiger partial charge in [-0.2, -0.15) is 0 Å². The van der Waals surface area contributed by atoms with Crippen molar-refractivity contribution < 1.29 is 4.74 Å². The summed E-state index contributed by atoms with van der Waals surface area (Å²) in [4.78, 5) is 2.06. The van der Waals surface area contributed by atoms with Crippen molar-refractivity contribution in [2.75, 3.05) is 20.8 Å². The summed E-state index contributed by atoms with van der Waals surface area (Å²) in [5, 5.41) is 0. The third-order valence-corrected chi connectivity index (χ3v) is 2.54. The average molecular weight is 208 g/mol. The Balaban J connectivity index is 3.04. The van der Waals surface area contributed by atoms with Gasteiger partial charge in [0.25, 0.3) is 0 Å². The van der Waals surface area contributed by atoms with Crippen molar-refractivity contribution >= 4 is 0 Å². The second kappa shape index (κ2) is 5.14. The summed E-state index contributed by atoms with van der Waals surface area (Å²) in [5.41, 5.74) is 9.28. The highest BCUT2D eigenvalue weighted by Crippen LogP contribution is 2.25. The lowest BCUT2D eigenvalue weighted by Crippen LogP contribution is -2.25. The minimum atomic E-state index is 0.552. The number of hydrogen-bond donors (Lipinski definition) is 1. The molecule has 0 aliphatic heterocycles. The van der Waals surface area contributed by atoms with Gasteiger partial charge in [0.05, 0.1) is 7.11 Å². The minimum absolute atomic E-state index is 0.552. The van der Waals surface area contributed by atoms with Gasteiger partial charge in [0.1, 0.15) is 5.75 Å². The molecule has 0 aromatic heterocycles. The zero-order valence-corrected chi connectivity index (χ0v) is 10.0. The molecule has 1 aromatic carbocycles. The van der Waals surface area contributed by atoms with Gasteiger partial charge in [-0.05, 0) is 38.1 Å². The Morgan fingerprint density at radius 3 is 2.53 bits per heavy atom. The molecular formula is C12H20N2O. The van der Waals surface area contributed by atoms with Crippen LogP contribution < -0.4 is 10.5 Å². The monoisotopic (exact) mass is 208 g/mol. The van der Waals surface area contributed by atoms with Gasteiger partial charge in [-0.3, -0.25) is 4.90 Å². The van der Waals surface area contributed by atoms with Crippen LogP contribution in [0.15, 0.2) is 12.1 Å². The normalized spacial score (nSPS) is 10.8. The van der Waals surface area contributed by atoms with E-state index in [1.807, 2.05) is 7.05 Å². The standard InChI is InChI=1S/C12H20N2O/c1-9-5-10(2)11(7-14(3)8-13)12(6-9)15-4/h5-6H,7-8,13H2,1-4H3. The average Bonchev–Trinajstić information content (AvgIpc) is 2.21. The smallest absolute Gasteiger partial charge is 0.123 e. The van der Waals surface area contributed by atoms with E-state index in [9.17, 15) is 0 Å². The first-order chi connectivity index (χ1) is 7.08. The largest absolute Gasteiger partial charge is 0.496 e. The molecule has 3 nitrogen and oxygen atoms in total. The summed E-state index contributed by atoms with van der Waals surface area (Å²) >= 11 is 0. The Morgan fingerprint density at radius 2 is 2.00 bits per heavy atom. The molecule has 3 heteroatoms. The van der Waals surface area contributed by atoms with Crippen molar-refractivity contribution in [2.45, 2.75) is 20.4 Å². The van der Waals surface area contributed by atoms with Crippen LogP contribution in [0.3, 0.4) is 0 Å². The Bertz CT molecular complexity index is 337. The topological polar surface area (TPSA) is 38.5 Å². The highest BCUT2D eigenvalue weighted by Gasteiger charge is 2.09. The maximum absolute atomic E-state index is 5.58. The molecule has 0 aliphatic carbocycles. The van der Waals surface area contributed by atoms with E-state index in [-0.39, 0.29) is 0 Å². The SMILES string of the molecule is COc1cc(C)cc(C)c1CN(C)CN. The Kier molecular flexibility index (Phi) is 4.12. The first-order valence-corrected chi connectivity index (χ1v) is 5.11. The molecular weight excluding hydrogens is 188 g/mol. The lowest BCUT2D eigenvalue weighted by molar-refractivity contribution is 0.325. The van der Waals surface area contributed by atoms with Crippen molar-refractivity contribution in [3.63, 3.8) is 0 Å². The minimum Gasteiger partial charge on any atom is -0.496 e. The van der Waals surface area contributed by atoms with Crippen LogP contribution in [0.25, 0.3) is 0 Å². The second-order valence-corrected chi connectivity index (χ2v) is 3.96. The maximum atomic E-state index is 5.58. The molecule has 0 aliphatic rings. The molecule has 0 fully saturated rings. The molecule has 0 amide bonds. The van der Waals surface area contributed by atoms with Crippen LogP contribution in [0, 0.1) is 13.8 Å². The molecule has 0 bridgehead atoms. The van der Waals surface area contributed by atoms with E-state index in [2.05, 4.69) is 30.9 Å². The van der Waals surface area contributed by atoms with Crippen LogP contribution in [0.4, 0.5) is 0 Å². The van der Waals surface area contributed by atoms with E-state index >= 15 is 0 Å². The number of methoxy groups -OCH3 is 1. The maximum Gasteiger partial charge on any atom is 0.123 e. The fourth-order valence-electron chi connectivity index (χ4n) is 1.68. The molecule has 0 atom stereocenters. The van der Waals surface area contributed by atoms with Crippen LogP contribution in [0.2, 0.25) is 0 Å². The summed E-state index contributed by atoms with van der Waals surface area (Å²) in [6.07, 6.45) is 0. The number of hydrogen-bond acceptors (Lipinski definition) is 3. The Morgan fingerprint density at radius 1 is 1.33 bits per heavy atom. The van der Waals surface area contributed by atoms with Gasteiger partial charge in [-0.1, -0.05) is 6.07 Å².